The van der Waals surface area contributed by atoms with Crippen molar-refractivity contribution in [1.29, 1.82) is 0 Å². The van der Waals surface area contributed by atoms with Gasteiger partial charge in [-0.3, -0.25) is 0 Å². The third kappa shape index (κ3) is 11.5. The molecule has 0 amide bonds. The molecule has 10 heteroatoms. The van der Waals surface area contributed by atoms with E-state index >= 15 is 0 Å². The molecule has 0 radical (unpaired) electrons. The summed E-state index contributed by atoms with van der Waals surface area (Å²) in [5.41, 5.74) is 3.47. The molecular formula is C32H34N4O6. The van der Waals surface area contributed by atoms with Crippen LogP contribution in [0.15, 0.2) is 118 Å². The minimum Gasteiger partial charge on any atom is -0.493 e. The van der Waals surface area contributed by atoms with Crippen LogP contribution in [0.2, 0.25) is 0 Å². The normalized spacial score (nSPS) is 10.9. The first kappa shape index (κ1) is 31.4. The summed E-state index contributed by atoms with van der Waals surface area (Å²) in [6.07, 6.45) is 1.16. The van der Waals surface area contributed by atoms with Crippen molar-refractivity contribution in [3.8, 4) is 11.5 Å². The van der Waals surface area contributed by atoms with Crippen molar-refractivity contribution in [3.63, 3.8) is 0 Å². The van der Waals surface area contributed by atoms with Crippen molar-refractivity contribution >= 4 is 34.7 Å². The van der Waals surface area contributed by atoms with Gasteiger partial charge in [0.25, 0.3) is 0 Å². The first-order valence-electron chi connectivity index (χ1n) is 13.3. The summed E-state index contributed by atoms with van der Waals surface area (Å²) in [6, 6.07) is 21.7. The topological polar surface area (TPSA) is 120 Å². The predicted octanol–water partition coefficient (Wildman–Crippen LogP) is 8.29. The lowest BCUT2D eigenvalue weighted by molar-refractivity contribution is -0.140. The van der Waals surface area contributed by atoms with Gasteiger partial charge in [-0.05, 0) is 86.6 Å². The van der Waals surface area contributed by atoms with E-state index < -0.39 is 11.9 Å². The SMILES string of the molecule is C=C(C)C(=O)OCCCOc1ccc(N=Nc2ccc(N=Nc3ccc(OCCCOC(=O)C(=C)C)cc3)cc2)cc1. The summed E-state index contributed by atoms with van der Waals surface area (Å²) in [7, 11) is 0. The van der Waals surface area contributed by atoms with Crippen LogP contribution < -0.4 is 9.47 Å². The lowest BCUT2D eigenvalue weighted by atomic mass is 10.3. The molecule has 0 aliphatic carbocycles. The smallest absolute Gasteiger partial charge is 0.333 e. The number of nitrogens with zero attached hydrogens (tertiary/aromatic N) is 4. The van der Waals surface area contributed by atoms with Crippen molar-refractivity contribution in [2.75, 3.05) is 26.4 Å². The fourth-order valence-electron chi connectivity index (χ4n) is 3.11. The Kier molecular flexibility index (Phi) is 12.6. The highest BCUT2D eigenvalue weighted by Crippen LogP contribution is 2.25. The maximum Gasteiger partial charge on any atom is 0.333 e. The van der Waals surface area contributed by atoms with Crippen LogP contribution in [0.1, 0.15) is 26.7 Å². The fourth-order valence-corrected chi connectivity index (χ4v) is 3.11. The second-order valence-electron chi connectivity index (χ2n) is 9.14. The van der Waals surface area contributed by atoms with E-state index in [1.807, 2.05) is 0 Å². The Hall–Kier alpha value is -5.12. The number of hydrogen-bond acceptors (Lipinski definition) is 10. The van der Waals surface area contributed by atoms with Gasteiger partial charge >= 0.3 is 11.9 Å². The quantitative estimate of drug-likeness (QED) is 0.0739. The number of ether oxygens (including phenoxy) is 4. The molecule has 3 rings (SSSR count). The molecule has 0 aromatic heterocycles. The Morgan fingerprint density at radius 3 is 1.10 bits per heavy atom. The van der Waals surface area contributed by atoms with Crippen LogP contribution in [-0.4, -0.2) is 38.4 Å². The van der Waals surface area contributed by atoms with Gasteiger partial charge in [0, 0.05) is 24.0 Å². The average Bonchev–Trinajstić information content (AvgIpc) is 3.00. The third-order valence-electron chi connectivity index (χ3n) is 5.36. The highest BCUT2D eigenvalue weighted by Gasteiger charge is 2.04. The number of benzene rings is 3. The van der Waals surface area contributed by atoms with Crippen LogP contribution in [0.4, 0.5) is 22.7 Å². The maximum atomic E-state index is 11.3. The molecule has 0 bridgehead atoms. The molecule has 10 nitrogen and oxygen atoms in total. The molecule has 0 aliphatic rings. The van der Waals surface area contributed by atoms with Gasteiger partial charge < -0.3 is 18.9 Å². The monoisotopic (exact) mass is 570 g/mol. The number of esters is 2. The first-order chi connectivity index (χ1) is 20.3. The maximum absolute atomic E-state index is 11.3. The molecule has 0 heterocycles. The van der Waals surface area contributed by atoms with Crippen LogP contribution in [0.25, 0.3) is 0 Å². The molecule has 0 saturated carbocycles. The Morgan fingerprint density at radius 1 is 0.524 bits per heavy atom. The second kappa shape index (κ2) is 16.9. The first-order valence-corrected chi connectivity index (χ1v) is 13.3. The molecule has 0 N–H and O–H groups in total. The van der Waals surface area contributed by atoms with E-state index in [1.165, 1.54) is 0 Å². The van der Waals surface area contributed by atoms with Crippen LogP contribution in [0.5, 0.6) is 11.5 Å². The van der Waals surface area contributed by atoms with E-state index in [0.717, 1.165) is 0 Å². The number of carbonyl (C=O) groups is 2. The van der Waals surface area contributed by atoms with Crippen molar-refractivity contribution in [2.45, 2.75) is 26.7 Å². The summed E-state index contributed by atoms with van der Waals surface area (Å²) < 4.78 is 21.4. The second-order valence-corrected chi connectivity index (χ2v) is 9.14. The number of hydrogen-bond donors (Lipinski definition) is 0. The highest BCUT2D eigenvalue weighted by atomic mass is 16.5. The minimum atomic E-state index is -0.396. The average molecular weight is 571 g/mol. The fraction of sp³-hybridized carbons (Fsp3) is 0.250. The molecule has 0 fully saturated rings. The third-order valence-corrected chi connectivity index (χ3v) is 5.36. The highest BCUT2D eigenvalue weighted by molar-refractivity contribution is 5.87. The Balaban J connectivity index is 1.38. The van der Waals surface area contributed by atoms with Gasteiger partial charge in [0.2, 0.25) is 0 Å². The van der Waals surface area contributed by atoms with E-state index in [2.05, 4.69) is 33.6 Å². The molecule has 0 atom stereocenters. The molecule has 0 aliphatic heterocycles. The molecule has 3 aromatic rings. The molecular weight excluding hydrogens is 536 g/mol. The standard InChI is InChI=1S/C32H34N4O6/c1-23(2)31(37)41-21-5-19-39-29-15-11-27(12-16-29)35-33-25-7-9-26(10-8-25)34-36-28-13-17-30(18-14-28)40-20-6-22-42-32(38)24(3)4/h7-18H,1,3,5-6,19-22H2,2,4H3. The summed E-state index contributed by atoms with van der Waals surface area (Å²) in [5, 5.41) is 17.0. The Labute approximate surface area is 245 Å². The van der Waals surface area contributed by atoms with E-state index in [-0.39, 0.29) is 13.2 Å². The van der Waals surface area contributed by atoms with Gasteiger partial charge in [0.05, 0.1) is 49.2 Å². The van der Waals surface area contributed by atoms with Gasteiger partial charge in [-0.2, -0.15) is 20.5 Å². The lowest BCUT2D eigenvalue weighted by Crippen LogP contribution is -2.09. The van der Waals surface area contributed by atoms with E-state index in [9.17, 15) is 9.59 Å². The van der Waals surface area contributed by atoms with Crippen molar-refractivity contribution in [3.05, 3.63) is 97.1 Å². The van der Waals surface area contributed by atoms with Crippen LogP contribution >= 0.6 is 0 Å². The van der Waals surface area contributed by atoms with Crippen LogP contribution in [0, 0.1) is 0 Å². The van der Waals surface area contributed by atoms with Crippen molar-refractivity contribution in [1.82, 2.24) is 0 Å². The molecule has 0 unspecified atom stereocenters. The summed E-state index contributed by atoms with van der Waals surface area (Å²) in [6.45, 7) is 11.7. The van der Waals surface area contributed by atoms with E-state index in [4.69, 9.17) is 18.9 Å². The van der Waals surface area contributed by atoms with Crippen molar-refractivity contribution < 1.29 is 28.5 Å². The van der Waals surface area contributed by atoms with E-state index in [0.29, 0.717) is 71.5 Å². The van der Waals surface area contributed by atoms with Gasteiger partial charge in [-0.15, -0.1) is 0 Å². The zero-order chi connectivity index (χ0) is 30.2. The summed E-state index contributed by atoms with van der Waals surface area (Å²) in [5.74, 6) is 0.589. The van der Waals surface area contributed by atoms with Gasteiger partial charge in [0.1, 0.15) is 11.5 Å². The molecule has 42 heavy (non-hydrogen) atoms. The van der Waals surface area contributed by atoms with E-state index in [1.54, 1.807) is 86.6 Å². The molecule has 0 saturated heterocycles. The zero-order valence-electron chi connectivity index (χ0n) is 23.8. The minimum absolute atomic E-state index is 0.279. The summed E-state index contributed by atoms with van der Waals surface area (Å²) in [4.78, 5) is 22.7. The number of azo groups is 2. The molecule has 0 spiro atoms. The van der Waals surface area contributed by atoms with Crippen LogP contribution in [-0.2, 0) is 19.1 Å². The zero-order valence-corrected chi connectivity index (χ0v) is 23.8. The largest absolute Gasteiger partial charge is 0.493 e. The van der Waals surface area contributed by atoms with Gasteiger partial charge in [-0.25, -0.2) is 9.59 Å². The number of carbonyl (C=O) groups excluding carboxylic acids is 2. The number of rotatable bonds is 16. The van der Waals surface area contributed by atoms with Crippen molar-refractivity contribution in [2.24, 2.45) is 20.5 Å². The Morgan fingerprint density at radius 2 is 0.810 bits per heavy atom. The van der Waals surface area contributed by atoms with Gasteiger partial charge in [0.15, 0.2) is 0 Å². The Bertz CT molecular complexity index is 1290. The van der Waals surface area contributed by atoms with Crippen LogP contribution in [0.3, 0.4) is 0 Å². The van der Waals surface area contributed by atoms with Gasteiger partial charge in [-0.1, -0.05) is 13.2 Å². The predicted molar refractivity (Wildman–Crippen MR) is 159 cm³/mol. The molecule has 218 valence electrons. The molecule has 3 aromatic carbocycles. The lowest BCUT2D eigenvalue weighted by Gasteiger charge is -2.07. The summed E-state index contributed by atoms with van der Waals surface area (Å²) >= 11 is 0.